The summed E-state index contributed by atoms with van der Waals surface area (Å²) in [5, 5.41) is 12.8. The van der Waals surface area contributed by atoms with Crippen molar-refractivity contribution in [2.75, 3.05) is 19.5 Å². The van der Waals surface area contributed by atoms with Crippen molar-refractivity contribution < 1.29 is 14.6 Å². The molecule has 2 aromatic rings. The lowest BCUT2D eigenvalue weighted by Gasteiger charge is -2.32. The van der Waals surface area contributed by atoms with Gasteiger partial charge in [-0.1, -0.05) is 35.2 Å². The van der Waals surface area contributed by atoms with Gasteiger partial charge in [-0.2, -0.15) is 0 Å². The Morgan fingerprint density at radius 2 is 1.93 bits per heavy atom. The molecule has 1 aliphatic carbocycles. The summed E-state index contributed by atoms with van der Waals surface area (Å²) < 4.78 is 6.89. The minimum absolute atomic E-state index is 0.00340. The number of hydrogen-bond acceptors (Lipinski definition) is 4. The highest BCUT2D eigenvalue weighted by atomic mass is 79.9. The molecule has 1 aliphatic rings. The maximum Gasteiger partial charge on any atom is 0.255 e. The number of carbonyl (C=O) groups excluding carboxylic acids is 1. The average Bonchev–Trinajstić information content (AvgIpc) is 2.71. The molecule has 3 rings (SSSR count). The smallest absolute Gasteiger partial charge is 0.255 e. The van der Waals surface area contributed by atoms with Crippen LogP contribution in [0.2, 0.25) is 0 Å². The maximum atomic E-state index is 12.9. The van der Waals surface area contributed by atoms with Gasteiger partial charge in [0.25, 0.3) is 5.91 Å². The first-order valence-corrected chi connectivity index (χ1v) is 11.3. The summed E-state index contributed by atoms with van der Waals surface area (Å²) in [5.41, 5.74) is 2.22. The van der Waals surface area contributed by atoms with Gasteiger partial charge < -0.3 is 15.2 Å². The van der Waals surface area contributed by atoms with E-state index < -0.39 is 0 Å². The summed E-state index contributed by atoms with van der Waals surface area (Å²) in [5.74, 6) is 0.0151. The Labute approximate surface area is 188 Å². The number of phenols is 1. The van der Waals surface area contributed by atoms with Gasteiger partial charge in [-0.25, -0.2) is 0 Å². The summed E-state index contributed by atoms with van der Waals surface area (Å²) in [6.07, 6.45) is 6.33. The van der Waals surface area contributed by atoms with Crippen LogP contribution < -0.4 is 10.1 Å². The number of methoxy groups -OCH3 is 1. The van der Waals surface area contributed by atoms with Crippen LogP contribution in [0.4, 0.5) is 5.69 Å². The summed E-state index contributed by atoms with van der Waals surface area (Å²) >= 11 is 7.16. The third-order valence-electron chi connectivity index (χ3n) is 5.43. The number of halogens is 2. The van der Waals surface area contributed by atoms with Gasteiger partial charge in [0, 0.05) is 27.1 Å². The zero-order chi connectivity index (χ0) is 21.0. The second-order valence-corrected chi connectivity index (χ2v) is 9.24. The van der Waals surface area contributed by atoms with Crippen molar-refractivity contribution in [1.82, 2.24) is 4.90 Å². The topological polar surface area (TPSA) is 61.8 Å². The fourth-order valence-corrected chi connectivity index (χ4v) is 5.23. The molecule has 1 fully saturated rings. The minimum atomic E-state index is -0.257. The first-order chi connectivity index (χ1) is 13.9. The first-order valence-electron chi connectivity index (χ1n) is 9.75. The zero-order valence-corrected chi connectivity index (χ0v) is 19.8. The quantitative estimate of drug-likeness (QED) is 0.489. The van der Waals surface area contributed by atoms with Crippen LogP contribution in [-0.4, -0.2) is 36.1 Å². The highest BCUT2D eigenvalue weighted by Crippen LogP contribution is 2.34. The van der Waals surface area contributed by atoms with Crippen molar-refractivity contribution in [3.63, 3.8) is 0 Å². The molecule has 0 aromatic heterocycles. The van der Waals surface area contributed by atoms with Gasteiger partial charge in [0.15, 0.2) is 11.5 Å². The van der Waals surface area contributed by atoms with E-state index in [2.05, 4.69) is 55.2 Å². The number of nitrogens with one attached hydrogen (secondary N) is 1. The molecule has 0 unspecified atom stereocenters. The van der Waals surface area contributed by atoms with Crippen molar-refractivity contribution in [1.29, 1.82) is 0 Å². The third-order valence-corrected chi connectivity index (χ3v) is 6.52. The highest BCUT2D eigenvalue weighted by Gasteiger charge is 2.21. The van der Waals surface area contributed by atoms with Gasteiger partial charge in [-0.15, -0.1) is 0 Å². The van der Waals surface area contributed by atoms with Gasteiger partial charge in [0.1, 0.15) is 0 Å². The summed E-state index contributed by atoms with van der Waals surface area (Å²) in [4.78, 5) is 15.3. The zero-order valence-electron chi connectivity index (χ0n) is 16.7. The number of carbonyl (C=O) groups is 1. The normalized spacial score (nSPS) is 14.8. The van der Waals surface area contributed by atoms with Crippen LogP contribution in [0.3, 0.4) is 0 Å². The number of aromatic hydroxyl groups is 1. The lowest BCUT2D eigenvalue weighted by atomic mass is 9.94. The number of amides is 1. The predicted molar refractivity (Wildman–Crippen MR) is 123 cm³/mol. The highest BCUT2D eigenvalue weighted by molar-refractivity contribution is 9.11. The van der Waals surface area contributed by atoms with Crippen molar-refractivity contribution >= 4 is 43.5 Å². The second-order valence-electron chi connectivity index (χ2n) is 7.47. The average molecular weight is 526 g/mol. The molecule has 0 atom stereocenters. The Morgan fingerprint density at radius 3 is 2.62 bits per heavy atom. The molecule has 29 heavy (non-hydrogen) atoms. The Balaban J connectivity index is 1.83. The molecule has 0 radical (unpaired) electrons. The van der Waals surface area contributed by atoms with E-state index in [0.717, 1.165) is 26.7 Å². The number of anilines is 1. The number of hydrogen-bond donors (Lipinski definition) is 2. The van der Waals surface area contributed by atoms with E-state index in [0.29, 0.717) is 11.6 Å². The standard InChI is InChI=1S/C22H26Br2N2O3/c1-26(17-6-4-3-5-7-17)13-15-10-16(23)12-18(24)21(15)25-22(28)14-8-9-19(27)20(11-14)29-2/h8-12,17,27H,3-7,13H2,1-2H3,(H,25,28). The van der Waals surface area contributed by atoms with Gasteiger partial charge >= 0.3 is 0 Å². The van der Waals surface area contributed by atoms with E-state index in [1.54, 1.807) is 6.07 Å². The molecule has 0 heterocycles. The number of benzene rings is 2. The molecule has 156 valence electrons. The molecule has 7 heteroatoms. The first kappa shape index (κ1) is 22.1. The molecule has 5 nitrogen and oxygen atoms in total. The molecule has 1 saturated carbocycles. The summed E-state index contributed by atoms with van der Waals surface area (Å²) in [7, 11) is 3.61. The van der Waals surface area contributed by atoms with Crippen LogP contribution in [-0.2, 0) is 6.54 Å². The van der Waals surface area contributed by atoms with Gasteiger partial charge in [0.2, 0.25) is 0 Å². The van der Waals surface area contributed by atoms with E-state index in [1.165, 1.54) is 51.3 Å². The van der Waals surface area contributed by atoms with Crippen LogP contribution in [0.1, 0.15) is 48.0 Å². The van der Waals surface area contributed by atoms with Gasteiger partial charge in [0.05, 0.1) is 12.8 Å². The van der Waals surface area contributed by atoms with Crippen molar-refractivity contribution in [2.24, 2.45) is 0 Å². The number of nitrogens with zero attached hydrogens (tertiary/aromatic N) is 1. The molecule has 0 saturated heterocycles. The molecule has 0 bridgehead atoms. The molecule has 2 aromatic carbocycles. The van der Waals surface area contributed by atoms with Crippen LogP contribution in [0.25, 0.3) is 0 Å². The van der Waals surface area contributed by atoms with E-state index in [9.17, 15) is 9.90 Å². The number of phenolic OH excluding ortho intramolecular Hbond substituents is 1. The van der Waals surface area contributed by atoms with Crippen LogP contribution in [0, 0.1) is 0 Å². The molecule has 0 aliphatic heterocycles. The van der Waals surface area contributed by atoms with Gasteiger partial charge in [-0.05, 0) is 71.7 Å². The number of ether oxygens (including phenoxy) is 1. The maximum absolute atomic E-state index is 12.9. The molecule has 1 amide bonds. The van der Waals surface area contributed by atoms with E-state index in [4.69, 9.17) is 4.74 Å². The summed E-state index contributed by atoms with van der Waals surface area (Å²) in [6, 6.07) is 9.13. The van der Waals surface area contributed by atoms with Crippen LogP contribution in [0.5, 0.6) is 11.5 Å². The molecule has 2 N–H and O–H groups in total. The minimum Gasteiger partial charge on any atom is -0.504 e. The van der Waals surface area contributed by atoms with Crippen LogP contribution in [0.15, 0.2) is 39.3 Å². The van der Waals surface area contributed by atoms with Crippen molar-refractivity contribution in [3.8, 4) is 11.5 Å². The Morgan fingerprint density at radius 1 is 1.21 bits per heavy atom. The Kier molecular flexibility index (Phi) is 7.60. The largest absolute Gasteiger partial charge is 0.504 e. The van der Waals surface area contributed by atoms with E-state index >= 15 is 0 Å². The monoisotopic (exact) mass is 524 g/mol. The fourth-order valence-electron chi connectivity index (χ4n) is 3.82. The fraction of sp³-hybridized carbons (Fsp3) is 0.409. The van der Waals surface area contributed by atoms with Crippen molar-refractivity contribution in [2.45, 2.75) is 44.7 Å². The second kappa shape index (κ2) is 9.96. The van der Waals surface area contributed by atoms with Crippen LogP contribution >= 0.6 is 31.9 Å². The van der Waals surface area contributed by atoms with Crippen molar-refractivity contribution in [3.05, 3.63) is 50.4 Å². The lowest BCUT2D eigenvalue weighted by Crippen LogP contribution is -2.33. The third kappa shape index (κ3) is 5.53. The van der Waals surface area contributed by atoms with E-state index in [1.807, 2.05) is 6.07 Å². The molecule has 0 spiro atoms. The Hall–Kier alpha value is -1.57. The Bertz CT molecular complexity index is 883. The summed E-state index contributed by atoms with van der Waals surface area (Å²) in [6.45, 7) is 0.747. The molecular weight excluding hydrogens is 500 g/mol. The SMILES string of the molecule is COc1cc(C(=O)Nc2c(Br)cc(Br)cc2CN(C)C2CCCCC2)ccc1O. The number of rotatable bonds is 6. The van der Waals surface area contributed by atoms with E-state index in [-0.39, 0.29) is 17.4 Å². The molecular formula is C22H26Br2N2O3. The predicted octanol–water partition coefficient (Wildman–Crippen LogP) is 5.94. The van der Waals surface area contributed by atoms with Gasteiger partial charge in [-0.3, -0.25) is 9.69 Å². The lowest BCUT2D eigenvalue weighted by molar-refractivity contribution is 0.102.